The van der Waals surface area contributed by atoms with Gasteiger partial charge in [-0.3, -0.25) is 4.79 Å². The summed E-state index contributed by atoms with van der Waals surface area (Å²) in [5, 5.41) is 53.9. The monoisotopic (exact) mass is 862 g/mol. The highest BCUT2D eigenvalue weighted by atomic mass is 16.7. The average molecular weight is 862 g/mol. The van der Waals surface area contributed by atoms with Gasteiger partial charge < -0.3 is 40.3 Å². The van der Waals surface area contributed by atoms with Crippen LogP contribution in [-0.2, 0) is 14.3 Å². The van der Waals surface area contributed by atoms with E-state index in [4.69, 9.17) is 9.47 Å². The highest BCUT2D eigenvalue weighted by Crippen LogP contribution is 2.22. The van der Waals surface area contributed by atoms with Crippen molar-refractivity contribution in [3.8, 4) is 0 Å². The second-order valence-corrected chi connectivity index (χ2v) is 15.5. The highest BCUT2D eigenvalue weighted by Gasteiger charge is 2.44. The summed E-state index contributed by atoms with van der Waals surface area (Å²) in [5.41, 5.74) is 0. The van der Waals surface area contributed by atoms with Crippen LogP contribution in [0.4, 0.5) is 0 Å². The Bertz CT molecular complexity index is 1420. The zero-order valence-electron chi connectivity index (χ0n) is 38.1. The minimum absolute atomic E-state index is 0.225. The molecule has 0 aromatic rings. The maximum Gasteiger partial charge on any atom is 0.220 e. The Kier molecular flexibility index (Phi) is 37.6. The third-order valence-corrected chi connectivity index (χ3v) is 9.96. The van der Waals surface area contributed by atoms with Crippen molar-refractivity contribution < 1.29 is 39.8 Å². The molecule has 62 heavy (non-hydrogen) atoms. The van der Waals surface area contributed by atoms with E-state index >= 15 is 0 Å². The smallest absolute Gasteiger partial charge is 0.220 e. The van der Waals surface area contributed by atoms with Crippen molar-refractivity contribution in [1.82, 2.24) is 5.32 Å². The second kappa shape index (κ2) is 41.3. The van der Waals surface area contributed by atoms with Gasteiger partial charge >= 0.3 is 0 Å². The molecule has 1 amide bonds. The number of hydrogen-bond acceptors (Lipinski definition) is 8. The summed E-state index contributed by atoms with van der Waals surface area (Å²) in [6, 6.07) is -0.847. The molecule has 348 valence electrons. The number of carbonyl (C=O) groups is 1. The van der Waals surface area contributed by atoms with Crippen LogP contribution in [0.1, 0.15) is 136 Å². The molecule has 9 heteroatoms. The van der Waals surface area contributed by atoms with Crippen LogP contribution >= 0.6 is 0 Å². The molecule has 0 aliphatic carbocycles. The largest absolute Gasteiger partial charge is 0.394 e. The van der Waals surface area contributed by atoms with Crippen LogP contribution in [0.2, 0.25) is 0 Å². The lowest BCUT2D eigenvalue weighted by atomic mass is 9.99. The molecule has 1 fully saturated rings. The molecule has 1 rings (SSSR count). The number of hydrogen-bond donors (Lipinski definition) is 6. The van der Waals surface area contributed by atoms with Crippen molar-refractivity contribution in [2.45, 2.75) is 179 Å². The van der Waals surface area contributed by atoms with Crippen LogP contribution in [0.25, 0.3) is 0 Å². The van der Waals surface area contributed by atoms with E-state index < -0.39 is 49.5 Å². The zero-order valence-corrected chi connectivity index (χ0v) is 38.1. The van der Waals surface area contributed by atoms with Gasteiger partial charge in [0, 0.05) is 6.42 Å². The summed E-state index contributed by atoms with van der Waals surface area (Å²) in [4.78, 5) is 12.9. The standard InChI is InChI=1S/C53H83NO8/c1-3-5-7-9-11-13-14-15-16-17-18-19-20-21-22-23-24-25-26-27-28-29-30-31-32-33-34-35-37-39-41-43-49(57)54-46(47(56)42-40-38-36-12-10-8-6-4-2)45-61-53-52(60)51(59)50(58)48(44-55)62-53/h5,7,10-13,15-16,18-19,21-22,24-25,27-28,30-31,33-34,40,42,46-48,50-53,55-56,58-60H,3-4,6,8-9,14,17,20,23,26,29,32,35-39,41,43-45H2,1-2H3,(H,54,57)/b7-5-,12-10+,13-11-,16-15-,19-18-,22-21-,25-24-,28-27-,31-30-,34-33-,42-40+. The number of aliphatic hydroxyl groups excluding tert-OH is 5. The van der Waals surface area contributed by atoms with Crippen molar-refractivity contribution in [3.63, 3.8) is 0 Å². The summed E-state index contributed by atoms with van der Waals surface area (Å²) < 4.78 is 11.1. The number of aliphatic hydroxyl groups is 5. The number of ether oxygens (including phenoxy) is 2. The maximum absolute atomic E-state index is 12.9. The van der Waals surface area contributed by atoms with Gasteiger partial charge in [-0.1, -0.05) is 167 Å². The predicted octanol–water partition coefficient (Wildman–Crippen LogP) is 10.2. The van der Waals surface area contributed by atoms with Gasteiger partial charge in [0.2, 0.25) is 5.91 Å². The Balaban J connectivity index is 2.27. The Hall–Kier alpha value is -3.67. The van der Waals surface area contributed by atoms with Gasteiger partial charge in [0.15, 0.2) is 6.29 Å². The molecule has 1 aliphatic rings. The molecule has 7 unspecified atom stereocenters. The quantitative estimate of drug-likeness (QED) is 0.0269. The van der Waals surface area contributed by atoms with Crippen LogP contribution in [0, 0.1) is 0 Å². The summed E-state index contributed by atoms with van der Waals surface area (Å²) in [5.74, 6) is -0.231. The highest BCUT2D eigenvalue weighted by molar-refractivity contribution is 5.76. The molecular formula is C53H83NO8. The molecule has 0 spiro atoms. The first-order chi connectivity index (χ1) is 30.3. The van der Waals surface area contributed by atoms with Gasteiger partial charge in [-0.25, -0.2) is 0 Å². The Morgan fingerprint density at radius 2 is 1.02 bits per heavy atom. The molecule has 0 radical (unpaired) electrons. The molecule has 1 saturated heterocycles. The number of carbonyl (C=O) groups excluding carboxylic acids is 1. The first-order valence-corrected chi connectivity index (χ1v) is 23.4. The Morgan fingerprint density at radius 3 is 1.52 bits per heavy atom. The van der Waals surface area contributed by atoms with Crippen LogP contribution in [0.5, 0.6) is 0 Å². The van der Waals surface area contributed by atoms with E-state index in [9.17, 15) is 30.3 Å². The zero-order chi connectivity index (χ0) is 45.1. The fourth-order valence-electron chi connectivity index (χ4n) is 6.21. The van der Waals surface area contributed by atoms with Gasteiger partial charge in [-0.05, 0) is 96.3 Å². The first kappa shape index (κ1) is 56.3. The topological polar surface area (TPSA) is 149 Å². The van der Waals surface area contributed by atoms with E-state index in [0.717, 1.165) is 109 Å². The predicted molar refractivity (Wildman–Crippen MR) is 257 cm³/mol. The molecule has 1 heterocycles. The maximum atomic E-state index is 12.9. The van der Waals surface area contributed by atoms with Crippen LogP contribution in [0.15, 0.2) is 134 Å². The SMILES string of the molecule is CC/C=C\C/C=C\C/C=C\C/C=C\C/C=C\C/C=C\C/C=C\C/C=C\C/C=C\CCCCCC(=O)NC(COC1OC(CO)C(O)C(O)C1O)C(O)/C=C/CC/C=C/CCCC. The molecule has 6 N–H and O–H groups in total. The van der Waals surface area contributed by atoms with Gasteiger partial charge in [-0.15, -0.1) is 0 Å². The molecule has 1 aliphatic heterocycles. The van der Waals surface area contributed by atoms with Crippen molar-refractivity contribution in [3.05, 3.63) is 134 Å². The number of amides is 1. The summed E-state index contributed by atoms with van der Waals surface area (Å²) in [6.07, 6.45) is 56.7. The number of nitrogens with one attached hydrogen (secondary N) is 1. The third-order valence-electron chi connectivity index (χ3n) is 9.96. The van der Waals surface area contributed by atoms with E-state index in [1.165, 1.54) is 0 Å². The van der Waals surface area contributed by atoms with E-state index in [2.05, 4.69) is 141 Å². The molecule has 9 nitrogen and oxygen atoms in total. The van der Waals surface area contributed by atoms with Crippen molar-refractivity contribution in [1.29, 1.82) is 0 Å². The number of rotatable bonds is 36. The Labute approximate surface area is 375 Å². The second-order valence-electron chi connectivity index (χ2n) is 15.5. The minimum Gasteiger partial charge on any atom is -0.394 e. The summed E-state index contributed by atoms with van der Waals surface area (Å²) in [6.45, 7) is 3.50. The Morgan fingerprint density at radius 1 is 0.565 bits per heavy atom. The molecule has 7 atom stereocenters. The van der Waals surface area contributed by atoms with Gasteiger partial charge in [0.25, 0.3) is 0 Å². The van der Waals surface area contributed by atoms with E-state index in [1.807, 2.05) is 6.08 Å². The molecule has 0 bridgehead atoms. The number of allylic oxidation sites excluding steroid dienone is 21. The van der Waals surface area contributed by atoms with Crippen molar-refractivity contribution in [2.75, 3.05) is 13.2 Å². The molecule has 0 aromatic carbocycles. The molecule has 0 aromatic heterocycles. The number of unbranched alkanes of at least 4 members (excludes halogenated alkanes) is 6. The van der Waals surface area contributed by atoms with Gasteiger partial charge in [0.1, 0.15) is 24.4 Å². The first-order valence-electron chi connectivity index (χ1n) is 23.4. The lowest BCUT2D eigenvalue weighted by molar-refractivity contribution is -0.302. The third kappa shape index (κ3) is 31.2. The van der Waals surface area contributed by atoms with Crippen molar-refractivity contribution >= 4 is 5.91 Å². The summed E-state index contributed by atoms with van der Waals surface area (Å²) >= 11 is 0. The van der Waals surface area contributed by atoms with E-state index in [0.29, 0.717) is 6.42 Å². The fraction of sp³-hybridized carbons (Fsp3) is 0.566. The fourth-order valence-corrected chi connectivity index (χ4v) is 6.21. The molecular weight excluding hydrogens is 779 g/mol. The lowest BCUT2D eigenvalue weighted by Crippen LogP contribution is -2.60. The lowest BCUT2D eigenvalue weighted by Gasteiger charge is -2.40. The van der Waals surface area contributed by atoms with Gasteiger partial charge in [0.05, 0.1) is 25.4 Å². The van der Waals surface area contributed by atoms with Crippen molar-refractivity contribution in [2.24, 2.45) is 0 Å². The van der Waals surface area contributed by atoms with Crippen LogP contribution in [-0.4, -0.2) is 87.5 Å². The van der Waals surface area contributed by atoms with Crippen LogP contribution < -0.4 is 5.32 Å². The minimum atomic E-state index is -1.58. The average Bonchev–Trinajstić information content (AvgIpc) is 3.27. The van der Waals surface area contributed by atoms with Crippen LogP contribution in [0.3, 0.4) is 0 Å². The van der Waals surface area contributed by atoms with Gasteiger partial charge in [-0.2, -0.15) is 0 Å². The van der Waals surface area contributed by atoms with E-state index in [1.54, 1.807) is 6.08 Å². The van der Waals surface area contributed by atoms with E-state index in [-0.39, 0.29) is 18.9 Å². The normalized spacial score (nSPS) is 21.6. The summed E-state index contributed by atoms with van der Waals surface area (Å²) in [7, 11) is 0. The molecule has 0 saturated carbocycles.